The van der Waals surface area contributed by atoms with Crippen molar-refractivity contribution in [2.75, 3.05) is 40.2 Å². The summed E-state index contributed by atoms with van der Waals surface area (Å²) >= 11 is 0. The molecular weight excluding hydrogens is 376 g/mol. The van der Waals surface area contributed by atoms with Crippen LogP contribution in [0, 0.1) is 0 Å². The van der Waals surface area contributed by atoms with Crippen molar-refractivity contribution < 1.29 is 28.5 Å². The van der Waals surface area contributed by atoms with Crippen LogP contribution in [-0.2, 0) is 16.0 Å². The molecule has 0 spiro atoms. The Morgan fingerprint density at radius 3 is 2.34 bits per heavy atom. The molecule has 0 radical (unpaired) electrons. The summed E-state index contributed by atoms with van der Waals surface area (Å²) in [4.78, 5) is 23.8. The molecule has 0 aliphatic heterocycles. The SMILES string of the molecule is COC(=O)c1cc(OCCCNC(=O)Cc2ccc(OC)cc2)c(OC)cc1N. The Morgan fingerprint density at radius 2 is 1.72 bits per heavy atom. The number of hydrogen-bond acceptors (Lipinski definition) is 7. The summed E-state index contributed by atoms with van der Waals surface area (Å²) < 4.78 is 20.7. The number of methoxy groups -OCH3 is 3. The molecule has 0 saturated carbocycles. The van der Waals surface area contributed by atoms with Crippen LogP contribution in [0.15, 0.2) is 36.4 Å². The number of nitrogen functional groups attached to an aromatic ring is 1. The number of amides is 1. The van der Waals surface area contributed by atoms with Gasteiger partial charge in [-0.3, -0.25) is 4.79 Å². The van der Waals surface area contributed by atoms with Gasteiger partial charge in [-0.25, -0.2) is 4.79 Å². The van der Waals surface area contributed by atoms with Gasteiger partial charge in [0.05, 0.1) is 45.6 Å². The minimum atomic E-state index is -0.555. The average Bonchev–Trinajstić information content (AvgIpc) is 2.74. The number of carbonyl (C=O) groups is 2. The quantitative estimate of drug-likeness (QED) is 0.356. The minimum Gasteiger partial charge on any atom is -0.497 e. The number of anilines is 1. The fraction of sp³-hybridized carbons (Fsp3) is 0.333. The van der Waals surface area contributed by atoms with Crippen molar-refractivity contribution in [3.8, 4) is 17.2 Å². The standard InChI is InChI=1S/C21H26N2O6/c1-26-15-7-5-14(6-8-15)11-20(24)23-9-4-10-29-19-12-16(21(25)28-3)17(22)13-18(19)27-2/h5-8,12-13H,4,9-11,22H2,1-3H3,(H,23,24). The van der Waals surface area contributed by atoms with Gasteiger partial charge < -0.3 is 30.0 Å². The molecule has 0 aliphatic carbocycles. The Labute approximate surface area is 169 Å². The normalized spacial score (nSPS) is 10.2. The molecule has 8 heteroatoms. The van der Waals surface area contributed by atoms with Crippen LogP contribution < -0.4 is 25.3 Å². The number of nitrogens with two attached hydrogens (primary N) is 1. The molecule has 0 heterocycles. The summed E-state index contributed by atoms with van der Waals surface area (Å²) in [6, 6.07) is 10.3. The highest BCUT2D eigenvalue weighted by atomic mass is 16.5. The van der Waals surface area contributed by atoms with E-state index in [1.807, 2.05) is 24.3 Å². The van der Waals surface area contributed by atoms with Gasteiger partial charge in [-0.05, 0) is 24.1 Å². The van der Waals surface area contributed by atoms with Gasteiger partial charge in [0, 0.05) is 18.7 Å². The van der Waals surface area contributed by atoms with Crippen LogP contribution in [0.25, 0.3) is 0 Å². The Morgan fingerprint density at radius 1 is 1.00 bits per heavy atom. The molecule has 0 aliphatic rings. The summed E-state index contributed by atoms with van der Waals surface area (Å²) in [5.41, 5.74) is 7.19. The van der Waals surface area contributed by atoms with E-state index >= 15 is 0 Å². The van der Waals surface area contributed by atoms with Crippen LogP contribution in [0.1, 0.15) is 22.3 Å². The van der Waals surface area contributed by atoms with Gasteiger partial charge in [0.15, 0.2) is 11.5 Å². The summed E-state index contributed by atoms with van der Waals surface area (Å²) in [5.74, 6) is 0.916. The molecule has 3 N–H and O–H groups in total. The second-order valence-electron chi connectivity index (χ2n) is 6.16. The average molecular weight is 402 g/mol. The lowest BCUT2D eigenvalue weighted by molar-refractivity contribution is -0.120. The predicted molar refractivity (Wildman–Crippen MR) is 109 cm³/mol. The highest BCUT2D eigenvalue weighted by Crippen LogP contribution is 2.32. The van der Waals surface area contributed by atoms with Crippen molar-refractivity contribution in [1.29, 1.82) is 0 Å². The molecule has 0 unspecified atom stereocenters. The highest BCUT2D eigenvalue weighted by Gasteiger charge is 2.16. The first-order valence-electron chi connectivity index (χ1n) is 9.06. The van der Waals surface area contributed by atoms with Crippen LogP contribution in [-0.4, -0.2) is 46.4 Å². The second kappa shape index (κ2) is 10.8. The Balaban J connectivity index is 1.80. The fourth-order valence-corrected chi connectivity index (χ4v) is 2.61. The molecule has 0 saturated heterocycles. The van der Waals surface area contributed by atoms with Crippen LogP contribution in [0.3, 0.4) is 0 Å². The molecule has 29 heavy (non-hydrogen) atoms. The number of benzene rings is 2. The third kappa shape index (κ3) is 6.31. The number of carbonyl (C=O) groups excluding carboxylic acids is 2. The van der Waals surface area contributed by atoms with Crippen molar-refractivity contribution in [2.24, 2.45) is 0 Å². The zero-order chi connectivity index (χ0) is 21.2. The van der Waals surface area contributed by atoms with Gasteiger partial charge in [-0.1, -0.05) is 12.1 Å². The first kappa shape index (κ1) is 21.9. The van der Waals surface area contributed by atoms with Crippen molar-refractivity contribution in [2.45, 2.75) is 12.8 Å². The van der Waals surface area contributed by atoms with E-state index < -0.39 is 5.97 Å². The number of hydrogen-bond donors (Lipinski definition) is 2. The molecule has 8 nitrogen and oxygen atoms in total. The van der Waals surface area contributed by atoms with Crippen molar-refractivity contribution in [1.82, 2.24) is 5.32 Å². The molecule has 2 rings (SSSR count). The smallest absolute Gasteiger partial charge is 0.340 e. The van der Waals surface area contributed by atoms with E-state index in [2.05, 4.69) is 5.32 Å². The summed E-state index contributed by atoms with van der Waals surface area (Å²) in [6.45, 7) is 0.778. The number of esters is 1. The maximum atomic E-state index is 12.0. The maximum absolute atomic E-state index is 12.0. The number of nitrogens with one attached hydrogen (secondary N) is 1. The van der Waals surface area contributed by atoms with E-state index in [0.29, 0.717) is 37.5 Å². The molecule has 2 aromatic rings. The van der Waals surface area contributed by atoms with Gasteiger partial charge >= 0.3 is 5.97 Å². The molecule has 156 valence electrons. The van der Waals surface area contributed by atoms with Gasteiger partial charge in [0.2, 0.25) is 5.91 Å². The Hall–Kier alpha value is -3.42. The summed E-state index contributed by atoms with van der Waals surface area (Å²) in [7, 11) is 4.36. The van der Waals surface area contributed by atoms with Gasteiger partial charge in [-0.2, -0.15) is 0 Å². The lowest BCUT2D eigenvalue weighted by Gasteiger charge is -2.14. The zero-order valence-corrected chi connectivity index (χ0v) is 16.8. The summed E-state index contributed by atoms with van der Waals surface area (Å²) in [6.07, 6.45) is 0.870. The van der Waals surface area contributed by atoms with Crippen LogP contribution in [0.5, 0.6) is 17.2 Å². The third-order valence-corrected chi connectivity index (χ3v) is 4.17. The molecule has 2 aromatic carbocycles. The largest absolute Gasteiger partial charge is 0.497 e. The molecule has 0 bridgehead atoms. The predicted octanol–water partition coefficient (Wildman–Crippen LogP) is 2.20. The van der Waals surface area contributed by atoms with Gasteiger partial charge in [0.1, 0.15) is 5.75 Å². The molecular formula is C21H26N2O6. The van der Waals surface area contributed by atoms with E-state index in [1.54, 1.807) is 7.11 Å². The van der Waals surface area contributed by atoms with Gasteiger partial charge in [-0.15, -0.1) is 0 Å². The molecule has 0 atom stereocenters. The second-order valence-corrected chi connectivity index (χ2v) is 6.16. The summed E-state index contributed by atoms with van der Waals surface area (Å²) in [5, 5.41) is 2.85. The fourth-order valence-electron chi connectivity index (χ4n) is 2.61. The molecule has 0 fully saturated rings. The van der Waals surface area contributed by atoms with Crippen molar-refractivity contribution in [3.63, 3.8) is 0 Å². The highest BCUT2D eigenvalue weighted by molar-refractivity contribution is 5.96. The number of ether oxygens (including phenoxy) is 4. The van der Waals surface area contributed by atoms with Crippen molar-refractivity contribution >= 4 is 17.6 Å². The monoisotopic (exact) mass is 402 g/mol. The van der Waals surface area contributed by atoms with Crippen LogP contribution in [0.2, 0.25) is 0 Å². The Bertz CT molecular complexity index is 836. The first-order valence-corrected chi connectivity index (χ1v) is 9.06. The van der Waals surface area contributed by atoms with E-state index in [0.717, 1.165) is 11.3 Å². The molecule has 1 amide bonds. The third-order valence-electron chi connectivity index (χ3n) is 4.17. The molecule has 0 aromatic heterocycles. The van der Waals surface area contributed by atoms with Crippen LogP contribution in [0.4, 0.5) is 5.69 Å². The van der Waals surface area contributed by atoms with Crippen LogP contribution >= 0.6 is 0 Å². The minimum absolute atomic E-state index is 0.0757. The lowest BCUT2D eigenvalue weighted by Crippen LogP contribution is -2.27. The van der Waals surface area contributed by atoms with E-state index in [1.165, 1.54) is 26.4 Å². The van der Waals surface area contributed by atoms with E-state index in [4.69, 9.17) is 24.7 Å². The number of rotatable bonds is 10. The van der Waals surface area contributed by atoms with E-state index in [-0.39, 0.29) is 17.2 Å². The van der Waals surface area contributed by atoms with Crippen molar-refractivity contribution in [3.05, 3.63) is 47.5 Å². The topological polar surface area (TPSA) is 109 Å². The Kier molecular flexibility index (Phi) is 8.14. The van der Waals surface area contributed by atoms with Gasteiger partial charge in [0.25, 0.3) is 0 Å². The maximum Gasteiger partial charge on any atom is 0.340 e. The first-order chi connectivity index (χ1) is 14.0. The zero-order valence-electron chi connectivity index (χ0n) is 16.8. The van der Waals surface area contributed by atoms with E-state index in [9.17, 15) is 9.59 Å². The lowest BCUT2D eigenvalue weighted by atomic mass is 10.1.